The van der Waals surface area contributed by atoms with Crippen molar-refractivity contribution in [2.45, 2.75) is 36.3 Å². The van der Waals surface area contributed by atoms with Crippen LogP contribution in [0.4, 0.5) is 0 Å². The number of ketones is 1. The summed E-state index contributed by atoms with van der Waals surface area (Å²) in [4.78, 5) is 22.1. The maximum absolute atomic E-state index is 11.9. The van der Waals surface area contributed by atoms with Crippen LogP contribution in [0.2, 0.25) is 0 Å². The van der Waals surface area contributed by atoms with E-state index in [2.05, 4.69) is 32.0 Å². The van der Waals surface area contributed by atoms with Crippen molar-refractivity contribution in [3.8, 4) is 0 Å². The molecule has 0 N–H and O–H groups in total. The first-order chi connectivity index (χ1) is 10.2. The Hall–Kier alpha value is -1.20. The third kappa shape index (κ3) is 3.52. The molecular formula is C16H15BrN2OS. The van der Waals surface area contributed by atoms with Crippen LogP contribution in [0.15, 0.2) is 39.8 Å². The lowest BCUT2D eigenvalue weighted by Gasteiger charge is -2.07. The van der Waals surface area contributed by atoms with E-state index in [1.54, 1.807) is 18.0 Å². The number of benzene rings is 1. The summed E-state index contributed by atoms with van der Waals surface area (Å²) in [5.41, 5.74) is 1.65. The summed E-state index contributed by atoms with van der Waals surface area (Å²) in [5, 5.41) is 0. The molecule has 1 aliphatic rings. The lowest BCUT2D eigenvalue weighted by molar-refractivity contribution is 0.0981. The van der Waals surface area contributed by atoms with Gasteiger partial charge in [-0.25, -0.2) is 9.97 Å². The molecule has 0 amide bonds. The molecule has 1 aromatic heterocycles. The number of aromatic nitrogens is 2. The van der Waals surface area contributed by atoms with Crippen molar-refractivity contribution in [2.75, 3.05) is 0 Å². The Kier molecular flexibility index (Phi) is 4.70. The van der Waals surface area contributed by atoms with Gasteiger partial charge in [-0.2, -0.15) is 0 Å². The van der Waals surface area contributed by atoms with E-state index in [9.17, 15) is 4.79 Å². The second-order valence-electron chi connectivity index (χ2n) is 5.00. The summed E-state index contributed by atoms with van der Waals surface area (Å²) in [6.07, 6.45) is 5.21. The number of thioether (sulfide) groups is 1. The fraction of sp³-hybridized carbons (Fsp3) is 0.312. The van der Waals surface area contributed by atoms with Crippen molar-refractivity contribution >= 4 is 33.5 Å². The first kappa shape index (κ1) is 14.7. The van der Waals surface area contributed by atoms with Crippen LogP contribution < -0.4 is 0 Å². The molecule has 108 valence electrons. The molecule has 2 aromatic rings. The van der Waals surface area contributed by atoms with E-state index in [0.29, 0.717) is 12.2 Å². The van der Waals surface area contributed by atoms with Gasteiger partial charge in [0.05, 0.1) is 17.0 Å². The Balaban J connectivity index is 1.77. The lowest BCUT2D eigenvalue weighted by Crippen LogP contribution is -2.06. The highest BCUT2D eigenvalue weighted by atomic mass is 79.9. The van der Waals surface area contributed by atoms with Crippen LogP contribution in [0.5, 0.6) is 0 Å². The summed E-state index contributed by atoms with van der Waals surface area (Å²) in [5.74, 6) is 1.70. The van der Waals surface area contributed by atoms with Crippen LogP contribution in [0, 0.1) is 0 Å². The Morgan fingerprint density at radius 1 is 1.19 bits per heavy atom. The van der Waals surface area contributed by atoms with Gasteiger partial charge >= 0.3 is 0 Å². The number of aryl methyl sites for hydroxylation is 1. The molecule has 1 aliphatic carbocycles. The summed E-state index contributed by atoms with van der Waals surface area (Å²) in [6.45, 7) is 0. The molecule has 1 aromatic carbocycles. The minimum atomic E-state index is 0.188. The maximum atomic E-state index is 11.9. The molecule has 0 fully saturated rings. The monoisotopic (exact) mass is 362 g/mol. The molecule has 0 saturated carbocycles. The molecule has 1 heterocycles. The van der Waals surface area contributed by atoms with Gasteiger partial charge in [-0.3, -0.25) is 4.79 Å². The second kappa shape index (κ2) is 6.71. The van der Waals surface area contributed by atoms with Gasteiger partial charge in [0.15, 0.2) is 5.78 Å². The summed E-state index contributed by atoms with van der Waals surface area (Å²) in [7, 11) is 0. The molecule has 5 heteroatoms. The molecule has 0 radical (unpaired) electrons. The van der Waals surface area contributed by atoms with Crippen molar-refractivity contribution < 1.29 is 4.79 Å². The highest BCUT2D eigenvalue weighted by molar-refractivity contribution is 9.10. The van der Waals surface area contributed by atoms with Crippen LogP contribution in [-0.4, -0.2) is 15.8 Å². The zero-order valence-electron chi connectivity index (χ0n) is 11.5. The third-order valence-electron chi connectivity index (χ3n) is 3.48. The highest BCUT2D eigenvalue weighted by Gasteiger charge is 2.17. The number of nitrogens with zero attached hydrogens (tertiary/aromatic N) is 2. The number of hydrogen-bond donors (Lipinski definition) is 0. The molecular weight excluding hydrogens is 348 g/mol. The largest absolute Gasteiger partial charge is 0.294 e. The minimum absolute atomic E-state index is 0.188. The number of carbonyl (C=O) groups is 1. The van der Waals surface area contributed by atoms with Crippen molar-refractivity contribution in [2.24, 2.45) is 0 Å². The van der Waals surface area contributed by atoms with Gasteiger partial charge in [0.2, 0.25) is 0 Å². The SMILES string of the molecule is O=C1CCCCc2nc(CSc3ccccc3Br)ncc21. The number of fused-ring (bicyclic) bond motifs is 1. The zero-order chi connectivity index (χ0) is 14.7. The van der Waals surface area contributed by atoms with Crippen LogP contribution in [-0.2, 0) is 12.2 Å². The average molecular weight is 363 g/mol. The molecule has 0 atom stereocenters. The van der Waals surface area contributed by atoms with Gasteiger partial charge < -0.3 is 0 Å². The van der Waals surface area contributed by atoms with E-state index < -0.39 is 0 Å². The normalized spacial score (nSPS) is 14.6. The van der Waals surface area contributed by atoms with Gasteiger partial charge in [0.25, 0.3) is 0 Å². The van der Waals surface area contributed by atoms with Crippen molar-refractivity contribution in [3.05, 3.63) is 52.0 Å². The smallest absolute Gasteiger partial charge is 0.166 e. The summed E-state index contributed by atoms with van der Waals surface area (Å²) >= 11 is 5.24. The van der Waals surface area contributed by atoms with Crippen LogP contribution >= 0.6 is 27.7 Å². The topological polar surface area (TPSA) is 42.9 Å². The molecule has 0 saturated heterocycles. The maximum Gasteiger partial charge on any atom is 0.166 e. The van der Waals surface area contributed by atoms with E-state index >= 15 is 0 Å². The number of rotatable bonds is 3. The van der Waals surface area contributed by atoms with Crippen molar-refractivity contribution in [1.29, 1.82) is 0 Å². The van der Waals surface area contributed by atoms with Crippen molar-refractivity contribution in [1.82, 2.24) is 9.97 Å². The highest BCUT2D eigenvalue weighted by Crippen LogP contribution is 2.29. The molecule has 3 nitrogen and oxygen atoms in total. The first-order valence-electron chi connectivity index (χ1n) is 6.99. The Labute approximate surface area is 136 Å². The molecule has 0 spiro atoms. The minimum Gasteiger partial charge on any atom is -0.294 e. The number of halogens is 1. The Bertz CT molecular complexity index is 675. The molecule has 3 rings (SSSR count). The third-order valence-corrected chi connectivity index (χ3v) is 5.50. The van der Waals surface area contributed by atoms with Crippen LogP contribution in [0.3, 0.4) is 0 Å². The predicted molar refractivity (Wildman–Crippen MR) is 87.6 cm³/mol. The summed E-state index contributed by atoms with van der Waals surface area (Å²) in [6, 6.07) is 8.11. The van der Waals surface area contributed by atoms with Gasteiger partial charge in [-0.05, 0) is 47.3 Å². The van der Waals surface area contributed by atoms with Gasteiger partial charge in [0, 0.05) is 22.0 Å². The molecule has 21 heavy (non-hydrogen) atoms. The van der Waals surface area contributed by atoms with E-state index in [0.717, 1.165) is 40.8 Å². The molecule has 0 bridgehead atoms. The molecule has 0 unspecified atom stereocenters. The predicted octanol–water partition coefficient (Wildman–Crippen LogP) is 4.44. The first-order valence-corrected chi connectivity index (χ1v) is 8.77. The van der Waals surface area contributed by atoms with Crippen LogP contribution in [0.25, 0.3) is 0 Å². The number of hydrogen-bond acceptors (Lipinski definition) is 4. The van der Waals surface area contributed by atoms with Gasteiger partial charge in [-0.15, -0.1) is 11.8 Å². The van der Waals surface area contributed by atoms with Gasteiger partial charge in [0.1, 0.15) is 5.82 Å². The van der Waals surface area contributed by atoms with Gasteiger partial charge in [-0.1, -0.05) is 12.1 Å². The Morgan fingerprint density at radius 2 is 2.00 bits per heavy atom. The Morgan fingerprint density at radius 3 is 2.86 bits per heavy atom. The fourth-order valence-electron chi connectivity index (χ4n) is 2.37. The number of carbonyl (C=O) groups excluding carboxylic acids is 1. The van der Waals surface area contributed by atoms with E-state index in [1.165, 1.54) is 4.90 Å². The fourth-order valence-corrected chi connectivity index (χ4v) is 3.80. The van der Waals surface area contributed by atoms with E-state index in [-0.39, 0.29) is 5.78 Å². The van der Waals surface area contributed by atoms with Crippen LogP contribution in [0.1, 0.15) is 41.1 Å². The average Bonchev–Trinajstić information content (AvgIpc) is 2.68. The second-order valence-corrected chi connectivity index (χ2v) is 6.87. The lowest BCUT2D eigenvalue weighted by atomic mass is 10.1. The number of Topliss-reactive ketones (excluding diaryl/α,β-unsaturated/α-hetero) is 1. The zero-order valence-corrected chi connectivity index (χ0v) is 13.9. The van der Waals surface area contributed by atoms with E-state index in [4.69, 9.17) is 0 Å². The molecule has 0 aliphatic heterocycles. The van der Waals surface area contributed by atoms with Crippen molar-refractivity contribution in [3.63, 3.8) is 0 Å². The standard InChI is InChI=1S/C16H15BrN2OS/c17-12-5-1-4-8-15(12)21-10-16-18-9-11-13(19-16)6-2-3-7-14(11)20/h1,4-5,8-9H,2-3,6-7,10H2. The van der Waals surface area contributed by atoms with E-state index in [1.807, 2.05) is 18.2 Å². The quantitative estimate of drug-likeness (QED) is 0.597. The summed E-state index contributed by atoms with van der Waals surface area (Å²) < 4.78 is 1.08.